The maximum atomic E-state index is 12.2. The zero-order valence-electron chi connectivity index (χ0n) is 17.7. The monoisotopic (exact) mass is 427 g/mol. The van der Waals surface area contributed by atoms with Gasteiger partial charge < -0.3 is 14.8 Å². The van der Waals surface area contributed by atoms with Gasteiger partial charge >= 0.3 is 5.97 Å². The highest BCUT2D eigenvalue weighted by Crippen LogP contribution is 2.15. The molecule has 3 aromatic carbocycles. The number of hydrogen-bond donors (Lipinski definition) is 1. The lowest BCUT2D eigenvalue weighted by Gasteiger charge is -2.08. The van der Waals surface area contributed by atoms with Crippen LogP contribution in [-0.4, -0.2) is 31.4 Å². The van der Waals surface area contributed by atoms with E-state index in [-0.39, 0.29) is 18.3 Å². The van der Waals surface area contributed by atoms with E-state index >= 15 is 0 Å². The maximum absolute atomic E-state index is 12.2. The Kier molecular flexibility index (Phi) is 7.39. The second-order valence-corrected chi connectivity index (χ2v) is 6.82. The molecule has 1 amide bonds. The Morgan fingerprint density at radius 2 is 1.50 bits per heavy atom. The summed E-state index contributed by atoms with van der Waals surface area (Å²) in [6, 6.07) is 20.6. The second-order valence-electron chi connectivity index (χ2n) is 6.82. The molecule has 1 N–H and O–H groups in total. The molecular weight excluding hydrogens is 406 g/mol. The van der Waals surface area contributed by atoms with Crippen molar-refractivity contribution in [1.29, 1.82) is 0 Å². The number of methoxy groups -OCH3 is 1. The molecule has 0 saturated heterocycles. The SMILES string of the molecule is COC(=O)c1cccc(C#Cc2cccc(NC(=O)COc3cccc(C(C)=O)c3)c2)c1. The van der Waals surface area contributed by atoms with E-state index in [1.807, 2.05) is 6.07 Å². The number of carbonyl (C=O) groups is 3. The van der Waals surface area contributed by atoms with Gasteiger partial charge in [-0.2, -0.15) is 0 Å². The lowest BCUT2D eigenvalue weighted by molar-refractivity contribution is -0.118. The van der Waals surface area contributed by atoms with Gasteiger partial charge in [0.1, 0.15) is 5.75 Å². The molecule has 0 atom stereocenters. The van der Waals surface area contributed by atoms with Crippen LogP contribution in [-0.2, 0) is 9.53 Å². The Labute approximate surface area is 186 Å². The van der Waals surface area contributed by atoms with Gasteiger partial charge in [-0.15, -0.1) is 0 Å². The lowest BCUT2D eigenvalue weighted by atomic mass is 10.1. The third-order valence-electron chi connectivity index (χ3n) is 4.39. The fraction of sp³-hybridized carbons (Fsp3) is 0.115. The highest BCUT2D eigenvalue weighted by atomic mass is 16.5. The minimum atomic E-state index is -0.423. The van der Waals surface area contributed by atoms with Gasteiger partial charge in [-0.1, -0.05) is 36.1 Å². The van der Waals surface area contributed by atoms with E-state index in [9.17, 15) is 14.4 Å². The highest BCUT2D eigenvalue weighted by molar-refractivity contribution is 5.94. The molecule has 0 bridgehead atoms. The summed E-state index contributed by atoms with van der Waals surface area (Å²) in [6.45, 7) is 1.27. The Bertz CT molecular complexity index is 1220. The number of benzene rings is 3. The van der Waals surface area contributed by atoms with Crippen LogP contribution < -0.4 is 10.1 Å². The van der Waals surface area contributed by atoms with E-state index in [1.165, 1.54) is 14.0 Å². The van der Waals surface area contributed by atoms with Crippen molar-refractivity contribution in [3.8, 4) is 17.6 Å². The van der Waals surface area contributed by atoms with Crippen LogP contribution in [0.4, 0.5) is 5.69 Å². The number of anilines is 1. The van der Waals surface area contributed by atoms with Crippen LogP contribution in [0.25, 0.3) is 0 Å². The Hall–Kier alpha value is -4.37. The van der Waals surface area contributed by atoms with Crippen molar-refractivity contribution in [2.75, 3.05) is 19.0 Å². The van der Waals surface area contributed by atoms with Crippen LogP contribution in [0.15, 0.2) is 72.8 Å². The van der Waals surface area contributed by atoms with Crippen LogP contribution in [0, 0.1) is 11.8 Å². The Balaban J connectivity index is 1.62. The number of carbonyl (C=O) groups excluding carboxylic acids is 3. The molecule has 0 saturated carbocycles. The third kappa shape index (κ3) is 6.31. The number of Topliss-reactive ketones (excluding diaryl/α,β-unsaturated/α-hetero) is 1. The van der Waals surface area contributed by atoms with Crippen molar-refractivity contribution < 1.29 is 23.9 Å². The van der Waals surface area contributed by atoms with E-state index in [0.29, 0.717) is 33.7 Å². The first-order chi connectivity index (χ1) is 15.4. The number of esters is 1. The fourth-order valence-electron chi connectivity index (χ4n) is 2.81. The summed E-state index contributed by atoms with van der Waals surface area (Å²) in [5, 5.41) is 2.76. The first-order valence-electron chi connectivity index (χ1n) is 9.79. The summed E-state index contributed by atoms with van der Waals surface area (Å²) in [5.41, 5.74) is 2.89. The summed E-state index contributed by atoms with van der Waals surface area (Å²) in [5.74, 6) is 5.63. The van der Waals surface area contributed by atoms with Crippen LogP contribution >= 0.6 is 0 Å². The molecule has 0 aliphatic carbocycles. The molecule has 0 aliphatic heterocycles. The van der Waals surface area contributed by atoms with E-state index in [2.05, 4.69) is 17.2 Å². The number of hydrogen-bond acceptors (Lipinski definition) is 5. The Morgan fingerprint density at radius 3 is 2.22 bits per heavy atom. The molecule has 0 spiro atoms. The third-order valence-corrected chi connectivity index (χ3v) is 4.39. The molecular formula is C26H21NO5. The minimum absolute atomic E-state index is 0.0742. The summed E-state index contributed by atoms with van der Waals surface area (Å²) in [6.07, 6.45) is 0. The van der Waals surface area contributed by atoms with Gasteiger partial charge in [0.15, 0.2) is 12.4 Å². The fourth-order valence-corrected chi connectivity index (χ4v) is 2.81. The van der Waals surface area contributed by atoms with Gasteiger partial charge in [0, 0.05) is 22.4 Å². The summed E-state index contributed by atoms with van der Waals surface area (Å²) < 4.78 is 10.2. The van der Waals surface area contributed by atoms with Gasteiger partial charge in [-0.05, 0) is 55.5 Å². The molecule has 6 nitrogen and oxygen atoms in total. The summed E-state index contributed by atoms with van der Waals surface area (Å²) in [4.78, 5) is 35.3. The average Bonchev–Trinajstić information content (AvgIpc) is 2.81. The molecule has 32 heavy (non-hydrogen) atoms. The zero-order chi connectivity index (χ0) is 22.9. The van der Waals surface area contributed by atoms with Crippen LogP contribution in [0.5, 0.6) is 5.75 Å². The molecule has 0 aliphatic rings. The number of rotatable bonds is 6. The number of nitrogens with one attached hydrogen (secondary N) is 1. The molecule has 160 valence electrons. The molecule has 0 fully saturated rings. The molecule has 0 unspecified atom stereocenters. The van der Waals surface area contributed by atoms with Crippen LogP contribution in [0.3, 0.4) is 0 Å². The standard InChI is InChI=1S/C26H21NO5/c1-18(28)21-8-5-11-24(16-21)32-17-25(29)27-23-10-4-7-20(15-23)13-12-19-6-3-9-22(14-19)26(30)31-2/h3-11,14-16H,17H2,1-2H3,(H,27,29). The average molecular weight is 427 g/mol. The van der Waals surface area contributed by atoms with E-state index < -0.39 is 5.97 Å². The quantitative estimate of drug-likeness (QED) is 0.364. The van der Waals surface area contributed by atoms with Crippen molar-refractivity contribution in [1.82, 2.24) is 0 Å². The minimum Gasteiger partial charge on any atom is -0.484 e. The predicted molar refractivity (Wildman–Crippen MR) is 121 cm³/mol. The van der Waals surface area contributed by atoms with E-state index in [4.69, 9.17) is 9.47 Å². The van der Waals surface area contributed by atoms with Crippen molar-refractivity contribution >= 4 is 23.3 Å². The van der Waals surface area contributed by atoms with Gasteiger partial charge in [0.05, 0.1) is 12.7 Å². The van der Waals surface area contributed by atoms with E-state index in [1.54, 1.807) is 66.7 Å². The number of ether oxygens (including phenoxy) is 2. The normalized spacial score (nSPS) is 9.81. The second kappa shape index (κ2) is 10.6. The Morgan fingerprint density at radius 1 is 0.844 bits per heavy atom. The highest BCUT2D eigenvalue weighted by Gasteiger charge is 2.07. The summed E-state index contributed by atoms with van der Waals surface area (Å²) in [7, 11) is 1.33. The first-order valence-corrected chi connectivity index (χ1v) is 9.79. The molecule has 3 rings (SSSR count). The largest absolute Gasteiger partial charge is 0.484 e. The van der Waals surface area contributed by atoms with Crippen molar-refractivity contribution in [2.24, 2.45) is 0 Å². The summed E-state index contributed by atoms with van der Waals surface area (Å²) >= 11 is 0. The van der Waals surface area contributed by atoms with Crippen LogP contribution in [0.1, 0.15) is 38.8 Å². The van der Waals surface area contributed by atoms with E-state index in [0.717, 1.165) is 0 Å². The zero-order valence-corrected chi connectivity index (χ0v) is 17.7. The smallest absolute Gasteiger partial charge is 0.337 e. The molecule has 6 heteroatoms. The maximum Gasteiger partial charge on any atom is 0.337 e. The first kappa shape index (κ1) is 22.3. The molecule has 0 radical (unpaired) electrons. The lowest BCUT2D eigenvalue weighted by Crippen LogP contribution is -2.20. The van der Waals surface area contributed by atoms with Crippen molar-refractivity contribution in [2.45, 2.75) is 6.92 Å². The number of amides is 1. The van der Waals surface area contributed by atoms with Gasteiger partial charge in [-0.3, -0.25) is 9.59 Å². The van der Waals surface area contributed by atoms with Crippen LogP contribution in [0.2, 0.25) is 0 Å². The molecule has 3 aromatic rings. The molecule has 0 heterocycles. The van der Waals surface area contributed by atoms with Gasteiger partial charge in [0.25, 0.3) is 5.91 Å². The number of ketones is 1. The molecule has 0 aromatic heterocycles. The van der Waals surface area contributed by atoms with Crippen molar-refractivity contribution in [3.63, 3.8) is 0 Å². The predicted octanol–water partition coefficient (Wildman–Crippen LogP) is 4.09. The van der Waals surface area contributed by atoms with Crippen molar-refractivity contribution in [3.05, 3.63) is 95.1 Å². The topological polar surface area (TPSA) is 81.7 Å². The van der Waals surface area contributed by atoms with Gasteiger partial charge in [-0.25, -0.2) is 4.79 Å². The van der Waals surface area contributed by atoms with Gasteiger partial charge in [0.2, 0.25) is 0 Å².